The molecule has 4 aliphatic rings. The van der Waals surface area contributed by atoms with E-state index in [-0.39, 0.29) is 5.41 Å². The zero-order valence-electron chi connectivity index (χ0n) is 15.9. The summed E-state index contributed by atoms with van der Waals surface area (Å²) in [4.78, 5) is 0. The lowest BCUT2D eigenvalue weighted by Crippen LogP contribution is -2.52. The Labute approximate surface area is 171 Å². The minimum atomic E-state index is -1.01. The summed E-state index contributed by atoms with van der Waals surface area (Å²) in [6.07, 6.45) is 11.3. The highest BCUT2D eigenvalue weighted by Gasteiger charge is 2.63. The van der Waals surface area contributed by atoms with Gasteiger partial charge in [0.15, 0.2) is 5.60 Å². The number of hydrogen-bond donors (Lipinski definition) is 1. The summed E-state index contributed by atoms with van der Waals surface area (Å²) in [6.45, 7) is 9.33. The van der Waals surface area contributed by atoms with Crippen molar-refractivity contribution in [3.05, 3.63) is 35.6 Å². The molecule has 0 amide bonds. The van der Waals surface area contributed by atoms with Crippen molar-refractivity contribution in [1.29, 1.82) is 0 Å². The molecule has 0 aromatic carbocycles. The maximum atomic E-state index is 11.4. The van der Waals surface area contributed by atoms with Crippen LogP contribution in [0.25, 0.3) is 0 Å². The summed E-state index contributed by atoms with van der Waals surface area (Å²) in [5.74, 6) is 6.83. The predicted octanol–water partition coefficient (Wildman–Crippen LogP) is 5.38. The van der Waals surface area contributed by atoms with Crippen LogP contribution in [0.3, 0.4) is 0 Å². The second-order valence-corrected chi connectivity index (χ2v) is 9.30. The van der Waals surface area contributed by atoms with Crippen LogP contribution in [0.5, 0.6) is 0 Å². The quantitative estimate of drug-likeness (QED) is 0.338. The van der Waals surface area contributed by atoms with Crippen LogP contribution in [-0.4, -0.2) is 17.3 Å². The van der Waals surface area contributed by atoms with Gasteiger partial charge in [0.05, 0.1) is 12.4 Å². The third kappa shape index (κ3) is 2.55. The zero-order valence-corrected chi connectivity index (χ0v) is 18.0. The second kappa shape index (κ2) is 6.71. The number of allylic oxidation sites excluding steroid dienone is 4. The molecule has 2 saturated carbocycles. The Kier molecular flexibility index (Phi) is 4.80. The van der Waals surface area contributed by atoms with Crippen LogP contribution >= 0.6 is 22.6 Å². The van der Waals surface area contributed by atoms with Gasteiger partial charge >= 0.3 is 0 Å². The Balaban J connectivity index is 1.65. The van der Waals surface area contributed by atoms with E-state index < -0.39 is 5.60 Å². The smallest absolute Gasteiger partial charge is 0.153 e. The Hall–Kier alpha value is -0.730. The molecule has 0 spiro atoms. The minimum Gasteiger partial charge on any atom is -0.498 e. The molecule has 0 radical (unpaired) electrons. The summed E-state index contributed by atoms with van der Waals surface area (Å²) in [5.41, 5.74) is 1.27. The van der Waals surface area contributed by atoms with E-state index in [2.05, 4.69) is 42.4 Å². The van der Waals surface area contributed by atoms with Gasteiger partial charge in [-0.15, -0.1) is 0 Å². The van der Waals surface area contributed by atoms with Crippen LogP contribution in [0.2, 0.25) is 0 Å². The first kappa shape index (κ1) is 18.6. The van der Waals surface area contributed by atoms with E-state index in [1.807, 2.05) is 22.6 Å². The first-order valence-corrected chi connectivity index (χ1v) is 11.1. The number of hydrogen-bond acceptors (Lipinski definition) is 2. The summed E-state index contributed by atoms with van der Waals surface area (Å²) < 4.78 is 8.73. The first-order chi connectivity index (χ1) is 12.4. The van der Waals surface area contributed by atoms with Crippen molar-refractivity contribution in [3.8, 4) is 9.85 Å². The molecule has 0 aliphatic heterocycles. The normalized spacial score (nSPS) is 43.9. The summed E-state index contributed by atoms with van der Waals surface area (Å²) in [7, 11) is 0. The summed E-state index contributed by atoms with van der Waals surface area (Å²) in [6, 6.07) is 0. The van der Waals surface area contributed by atoms with Gasteiger partial charge in [0, 0.05) is 34.4 Å². The highest BCUT2D eigenvalue weighted by atomic mass is 127. The SMILES string of the molecule is C=C1CC2C3CC=C4C=C(OCC)CCC4C3CCC2(C)C1(O)C#CI. The largest absolute Gasteiger partial charge is 0.498 e. The molecule has 2 nitrogen and oxygen atoms in total. The molecule has 3 heteroatoms. The number of rotatable bonds is 2. The molecular formula is C23H29IO2. The van der Waals surface area contributed by atoms with Crippen LogP contribution in [0.15, 0.2) is 35.6 Å². The van der Waals surface area contributed by atoms with Gasteiger partial charge in [0.1, 0.15) is 0 Å². The number of fused-ring (bicyclic) bond motifs is 5. The van der Waals surface area contributed by atoms with E-state index in [0.717, 1.165) is 49.5 Å². The van der Waals surface area contributed by atoms with Crippen molar-refractivity contribution in [2.24, 2.45) is 29.1 Å². The standard InChI is InChI=1S/C23H29IO2/c1-4-26-17-6-8-18-16(14-17)5-7-20-19(18)9-10-22(3)21(20)13-15(2)23(22,25)11-12-24/h5,14,18-21,25H,2,4,6-10,13H2,1,3H3. The van der Waals surface area contributed by atoms with Crippen LogP contribution in [0.1, 0.15) is 52.4 Å². The molecule has 0 saturated heterocycles. The molecule has 4 rings (SSSR count). The van der Waals surface area contributed by atoms with Crippen LogP contribution < -0.4 is 0 Å². The van der Waals surface area contributed by atoms with Crippen molar-refractivity contribution in [1.82, 2.24) is 0 Å². The van der Waals surface area contributed by atoms with E-state index in [0.29, 0.717) is 17.8 Å². The van der Waals surface area contributed by atoms with Gasteiger partial charge in [-0.2, -0.15) is 0 Å². The number of aliphatic hydroxyl groups is 1. The molecule has 6 atom stereocenters. The van der Waals surface area contributed by atoms with Crippen molar-refractivity contribution in [3.63, 3.8) is 0 Å². The third-order valence-corrected chi connectivity index (χ3v) is 8.11. The van der Waals surface area contributed by atoms with E-state index >= 15 is 0 Å². The van der Waals surface area contributed by atoms with Crippen molar-refractivity contribution >= 4 is 22.6 Å². The van der Waals surface area contributed by atoms with E-state index in [1.54, 1.807) is 0 Å². The Morgan fingerprint density at radius 2 is 2.19 bits per heavy atom. The molecule has 0 aromatic heterocycles. The second-order valence-electron chi connectivity index (χ2n) is 8.76. The van der Waals surface area contributed by atoms with Gasteiger partial charge in [-0.05, 0) is 83.8 Å². The molecule has 0 bridgehead atoms. The lowest BCUT2D eigenvalue weighted by Gasteiger charge is -2.53. The molecule has 1 N–H and O–H groups in total. The lowest BCUT2D eigenvalue weighted by atomic mass is 9.51. The van der Waals surface area contributed by atoms with Gasteiger partial charge in [-0.25, -0.2) is 0 Å². The first-order valence-electron chi connectivity index (χ1n) is 10.0. The lowest BCUT2D eigenvalue weighted by molar-refractivity contribution is -0.0717. The predicted molar refractivity (Wildman–Crippen MR) is 113 cm³/mol. The zero-order chi connectivity index (χ0) is 18.5. The van der Waals surface area contributed by atoms with Crippen molar-refractivity contribution in [2.45, 2.75) is 58.0 Å². The van der Waals surface area contributed by atoms with Gasteiger partial charge in [-0.3, -0.25) is 0 Å². The van der Waals surface area contributed by atoms with Crippen molar-refractivity contribution in [2.75, 3.05) is 6.61 Å². The third-order valence-electron chi connectivity index (χ3n) is 7.84. The molecule has 6 unspecified atom stereocenters. The highest BCUT2D eigenvalue weighted by Crippen LogP contribution is 2.65. The minimum absolute atomic E-state index is 0.157. The number of halogens is 1. The number of ether oxygens (including phenoxy) is 1. The van der Waals surface area contributed by atoms with E-state index in [1.165, 1.54) is 18.4 Å². The average Bonchev–Trinajstić information content (AvgIpc) is 2.82. The van der Waals surface area contributed by atoms with Crippen LogP contribution in [-0.2, 0) is 4.74 Å². The highest BCUT2D eigenvalue weighted by molar-refractivity contribution is 14.1. The van der Waals surface area contributed by atoms with E-state index in [9.17, 15) is 5.11 Å². The van der Waals surface area contributed by atoms with Gasteiger partial charge in [-0.1, -0.05) is 25.5 Å². The van der Waals surface area contributed by atoms with Gasteiger partial charge in [0.2, 0.25) is 0 Å². The van der Waals surface area contributed by atoms with E-state index in [4.69, 9.17) is 4.74 Å². The van der Waals surface area contributed by atoms with Gasteiger partial charge < -0.3 is 9.84 Å². The fourth-order valence-electron chi connectivity index (χ4n) is 6.49. The van der Waals surface area contributed by atoms with Crippen molar-refractivity contribution < 1.29 is 9.84 Å². The maximum absolute atomic E-state index is 11.4. The Morgan fingerprint density at radius 3 is 2.92 bits per heavy atom. The molecule has 4 aliphatic carbocycles. The molecule has 0 heterocycles. The molecule has 26 heavy (non-hydrogen) atoms. The molecule has 2 fully saturated rings. The fraction of sp³-hybridized carbons (Fsp3) is 0.652. The monoisotopic (exact) mass is 464 g/mol. The molecular weight excluding hydrogens is 435 g/mol. The molecule has 0 aromatic rings. The molecule has 140 valence electrons. The van der Waals surface area contributed by atoms with Crippen LogP contribution in [0, 0.1) is 38.9 Å². The summed E-state index contributed by atoms with van der Waals surface area (Å²) in [5, 5.41) is 11.4. The van der Waals surface area contributed by atoms with Crippen LogP contribution in [0.4, 0.5) is 0 Å². The topological polar surface area (TPSA) is 29.5 Å². The fourth-order valence-corrected chi connectivity index (χ4v) is 6.88. The Morgan fingerprint density at radius 1 is 1.38 bits per heavy atom. The average molecular weight is 464 g/mol. The maximum Gasteiger partial charge on any atom is 0.153 e. The van der Waals surface area contributed by atoms with Gasteiger partial charge in [0.25, 0.3) is 0 Å². The Bertz CT molecular complexity index is 739. The summed E-state index contributed by atoms with van der Waals surface area (Å²) >= 11 is 2.05.